The van der Waals surface area contributed by atoms with Gasteiger partial charge >= 0.3 is 29.8 Å². The van der Waals surface area contributed by atoms with Crippen LogP contribution >= 0.6 is 0 Å². The molecule has 0 aromatic rings. The number of aliphatic hydroxyl groups is 1. The lowest BCUT2D eigenvalue weighted by molar-refractivity contribution is -0.225. The molecule has 10 aliphatic rings. The number of esters is 5. The molecule has 4 heterocycles. The SMILES string of the molecule is CCC(C)(C)C(=O)OC12CC3CC(CC(O)(C3)C1)C2.CCC(C)(C)C(=O)OC1C2CC3C(=O)OC1C3C2.CCC(C)(C)C(=O)OC1C2CC3C(=O)OC1C3O2. The maximum absolute atomic E-state index is 12.4. The van der Waals surface area contributed by atoms with E-state index in [1.807, 2.05) is 62.3 Å². The Labute approximate surface area is 325 Å². The number of hydrogen-bond donors (Lipinski definition) is 1. The summed E-state index contributed by atoms with van der Waals surface area (Å²) in [5, 5.41) is 10.6. The summed E-state index contributed by atoms with van der Waals surface area (Å²) >= 11 is 0. The van der Waals surface area contributed by atoms with E-state index in [1.54, 1.807) is 0 Å². The van der Waals surface area contributed by atoms with Crippen LogP contribution < -0.4 is 0 Å². The third-order valence-electron chi connectivity index (χ3n) is 15.3. The van der Waals surface area contributed by atoms with Crippen molar-refractivity contribution >= 4 is 29.8 Å². The predicted octanol–water partition coefficient (Wildman–Crippen LogP) is 6.01. The van der Waals surface area contributed by atoms with Crippen LogP contribution in [0, 0.1) is 51.8 Å². The molecule has 308 valence electrons. The van der Waals surface area contributed by atoms with Crippen LogP contribution in [0.3, 0.4) is 0 Å². The van der Waals surface area contributed by atoms with Crippen molar-refractivity contribution in [3.05, 3.63) is 0 Å². The summed E-state index contributed by atoms with van der Waals surface area (Å²) in [6.07, 6.45) is 8.78. The molecular weight excluding hydrogens is 708 g/mol. The summed E-state index contributed by atoms with van der Waals surface area (Å²) in [6, 6.07) is 0. The summed E-state index contributed by atoms with van der Waals surface area (Å²) in [5.74, 6) is 0.892. The largest absolute Gasteiger partial charge is 0.459 e. The van der Waals surface area contributed by atoms with Gasteiger partial charge in [0, 0.05) is 18.3 Å². The molecule has 55 heavy (non-hydrogen) atoms. The number of carbonyl (C=O) groups excluding carboxylic acids is 5. The number of rotatable bonds is 9. The highest BCUT2D eigenvalue weighted by molar-refractivity contribution is 5.80. The average Bonchev–Trinajstić information content (AvgIpc) is 3.93. The molecular formula is C43H64O12. The second kappa shape index (κ2) is 14.0. The highest BCUT2D eigenvalue weighted by Gasteiger charge is 2.66. The predicted molar refractivity (Wildman–Crippen MR) is 197 cm³/mol. The van der Waals surface area contributed by atoms with Crippen LogP contribution in [0.25, 0.3) is 0 Å². The van der Waals surface area contributed by atoms with Gasteiger partial charge in [-0.15, -0.1) is 0 Å². The van der Waals surface area contributed by atoms with Crippen molar-refractivity contribution in [2.75, 3.05) is 0 Å². The Bertz CT molecular complexity index is 1470. The van der Waals surface area contributed by atoms with Crippen LogP contribution in [0.4, 0.5) is 0 Å². The van der Waals surface area contributed by atoms with Crippen LogP contribution in [0.2, 0.25) is 0 Å². The van der Waals surface area contributed by atoms with Gasteiger partial charge < -0.3 is 33.5 Å². The Kier molecular flexibility index (Phi) is 10.3. The van der Waals surface area contributed by atoms with E-state index >= 15 is 0 Å². The fourth-order valence-electron chi connectivity index (χ4n) is 11.0. The Morgan fingerprint density at radius 1 is 0.673 bits per heavy atom. The Morgan fingerprint density at radius 3 is 1.76 bits per heavy atom. The van der Waals surface area contributed by atoms with Crippen LogP contribution in [-0.4, -0.2) is 82.8 Å². The minimum atomic E-state index is -0.555. The van der Waals surface area contributed by atoms with Crippen molar-refractivity contribution in [3.8, 4) is 0 Å². The van der Waals surface area contributed by atoms with Crippen molar-refractivity contribution in [2.45, 2.75) is 187 Å². The lowest BCUT2D eigenvalue weighted by atomic mass is 9.52. The molecule has 12 unspecified atom stereocenters. The smallest absolute Gasteiger partial charge is 0.312 e. The van der Waals surface area contributed by atoms with Gasteiger partial charge in [-0.25, -0.2) is 0 Å². The lowest BCUT2D eigenvalue weighted by Crippen LogP contribution is -2.61. The van der Waals surface area contributed by atoms with Gasteiger partial charge in [-0.2, -0.15) is 0 Å². The molecule has 6 aliphatic carbocycles. The van der Waals surface area contributed by atoms with E-state index < -0.39 is 34.1 Å². The van der Waals surface area contributed by atoms with Gasteiger partial charge in [0.15, 0.2) is 12.2 Å². The van der Waals surface area contributed by atoms with Gasteiger partial charge in [-0.3, -0.25) is 24.0 Å². The van der Waals surface area contributed by atoms with E-state index in [9.17, 15) is 29.1 Å². The second-order valence-corrected chi connectivity index (χ2v) is 20.5. The summed E-state index contributed by atoms with van der Waals surface area (Å²) < 4.78 is 33.5. The summed E-state index contributed by atoms with van der Waals surface area (Å²) in [7, 11) is 0. The molecule has 12 nitrogen and oxygen atoms in total. The molecule has 0 radical (unpaired) electrons. The minimum absolute atomic E-state index is 0.0779. The molecule has 0 aromatic carbocycles. The van der Waals surface area contributed by atoms with E-state index in [1.165, 1.54) is 6.42 Å². The molecule has 0 amide bonds. The normalized spacial score (nSPS) is 42.2. The van der Waals surface area contributed by atoms with Crippen LogP contribution in [0.5, 0.6) is 0 Å². The third-order valence-corrected chi connectivity index (χ3v) is 15.3. The van der Waals surface area contributed by atoms with Gasteiger partial charge in [0.1, 0.15) is 23.9 Å². The average molecular weight is 773 g/mol. The van der Waals surface area contributed by atoms with E-state index in [2.05, 4.69) is 0 Å². The molecule has 1 N–H and O–H groups in total. The maximum Gasteiger partial charge on any atom is 0.312 e. The molecule has 10 rings (SSSR count). The molecule has 0 spiro atoms. The first-order chi connectivity index (χ1) is 25.6. The third kappa shape index (κ3) is 7.22. The van der Waals surface area contributed by atoms with Crippen LogP contribution in [-0.2, 0) is 52.4 Å². The topological polar surface area (TPSA) is 161 Å². The first-order valence-corrected chi connectivity index (χ1v) is 21.1. The molecule has 10 fully saturated rings. The van der Waals surface area contributed by atoms with Crippen molar-refractivity contribution in [1.82, 2.24) is 0 Å². The first kappa shape index (κ1) is 40.5. The van der Waals surface area contributed by atoms with Crippen molar-refractivity contribution in [1.29, 1.82) is 0 Å². The fourth-order valence-corrected chi connectivity index (χ4v) is 11.0. The molecule has 8 bridgehead atoms. The summed E-state index contributed by atoms with van der Waals surface area (Å²) in [6.45, 7) is 17.3. The molecule has 12 heteroatoms. The Morgan fingerprint density at radius 2 is 1.20 bits per heavy atom. The maximum atomic E-state index is 12.4. The zero-order valence-electron chi connectivity index (χ0n) is 34.4. The van der Waals surface area contributed by atoms with E-state index in [-0.39, 0.29) is 71.7 Å². The van der Waals surface area contributed by atoms with Gasteiger partial charge in [0.05, 0.1) is 39.8 Å². The molecule has 0 aromatic heterocycles. The van der Waals surface area contributed by atoms with Crippen LogP contribution in [0.1, 0.15) is 139 Å². The Balaban J connectivity index is 0.000000127. The van der Waals surface area contributed by atoms with Crippen molar-refractivity contribution < 1.29 is 57.5 Å². The Hall–Kier alpha value is -2.73. The van der Waals surface area contributed by atoms with Crippen LogP contribution in [0.15, 0.2) is 0 Å². The molecule has 12 atom stereocenters. The van der Waals surface area contributed by atoms with E-state index in [0.717, 1.165) is 51.4 Å². The van der Waals surface area contributed by atoms with Crippen molar-refractivity contribution in [3.63, 3.8) is 0 Å². The van der Waals surface area contributed by atoms with Gasteiger partial charge in [0.2, 0.25) is 0 Å². The first-order valence-electron chi connectivity index (χ1n) is 21.1. The van der Waals surface area contributed by atoms with Gasteiger partial charge in [-0.05, 0) is 124 Å². The standard InChI is InChI=1S/C16H26O3.C14H20O4.C13H18O5/c1-4-14(2,3)13(17)19-16-8-11-5-12(9-16)7-15(18,6-11)10-16;1-4-14(2,3)13(16)18-10-7-5-8-9(6-7)12(15)17-11(8)10;1-4-13(2,3)12(15)18-9-7-5-6-8(16-7)10(9)17-11(6)14/h11-12,18H,4-10H2,1-3H3;7-11H,4-6H2,1-3H3;6-10H,4-5H2,1-3H3. The zero-order valence-corrected chi connectivity index (χ0v) is 34.4. The number of hydrogen-bond acceptors (Lipinski definition) is 12. The lowest BCUT2D eigenvalue weighted by Gasteiger charge is -2.59. The van der Waals surface area contributed by atoms with E-state index in [4.69, 9.17) is 28.4 Å². The quantitative estimate of drug-likeness (QED) is 0.215. The molecule has 4 saturated heterocycles. The molecule has 6 saturated carbocycles. The van der Waals surface area contributed by atoms with Gasteiger partial charge in [-0.1, -0.05) is 20.8 Å². The summed E-state index contributed by atoms with van der Waals surface area (Å²) in [4.78, 5) is 59.7. The summed E-state index contributed by atoms with van der Waals surface area (Å²) in [5.41, 5.74) is -2.29. The zero-order chi connectivity index (χ0) is 40.0. The van der Waals surface area contributed by atoms with Crippen molar-refractivity contribution in [2.24, 2.45) is 51.8 Å². The molecule has 4 aliphatic heterocycles. The fraction of sp³-hybridized carbons (Fsp3) is 0.884. The highest BCUT2D eigenvalue weighted by Crippen LogP contribution is 2.59. The number of ether oxygens (including phenoxy) is 6. The number of fused-ring (bicyclic) bond motifs is 2. The highest BCUT2D eigenvalue weighted by atomic mass is 16.7. The second-order valence-electron chi connectivity index (χ2n) is 20.5. The number of carbonyl (C=O) groups is 5. The van der Waals surface area contributed by atoms with E-state index in [0.29, 0.717) is 42.9 Å². The van der Waals surface area contributed by atoms with Gasteiger partial charge in [0.25, 0.3) is 0 Å². The monoisotopic (exact) mass is 772 g/mol. The minimum Gasteiger partial charge on any atom is -0.459 e.